The Bertz CT molecular complexity index is 685. The Morgan fingerprint density at radius 1 is 1.53 bits per heavy atom. The smallest absolute Gasteiger partial charge is 0.353 e. The van der Waals surface area contributed by atoms with E-state index in [0.29, 0.717) is 11.6 Å². The van der Waals surface area contributed by atoms with Gasteiger partial charge in [0.1, 0.15) is 6.54 Å². The third-order valence-electron chi connectivity index (χ3n) is 2.69. The molecule has 2 N–H and O–H groups in total. The third kappa shape index (κ3) is 2.28. The van der Waals surface area contributed by atoms with E-state index >= 15 is 0 Å². The van der Waals surface area contributed by atoms with E-state index in [-0.39, 0.29) is 5.92 Å². The number of aromatic nitrogens is 4. The van der Waals surface area contributed by atoms with Crippen molar-refractivity contribution in [3.05, 3.63) is 22.2 Å². The molecule has 0 spiro atoms. The number of rotatable bonds is 4. The number of hydrogen-bond donors (Lipinski definition) is 2. The second kappa shape index (κ2) is 4.71. The minimum Gasteiger partial charge on any atom is -0.480 e. The number of nitrogens with one attached hydrogen (secondary N) is 1. The van der Waals surface area contributed by atoms with Crippen molar-refractivity contribution in [3.63, 3.8) is 0 Å². The van der Waals surface area contributed by atoms with Crippen LogP contribution in [0.4, 0.5) is 5.95 Å². The molecule has 8 nitrogen and oxygen atoms in total. The lowest BCUT2D eigenvalue weighted by Crippen LogP contribution is -2.26. The zero-order valence-corrected chi connectivity index (χ0v) is 10.9. The molecule has 19 heavy (non-hydrogen) atoms. The molecule has 8 heteroatoms. The van der Waals surface area contributed by atoms with Crippen LogP contribution in [0.1, 0.15) is 25.5 Å². The minimum absolute atomic E-state index is 0.178. The molecule has 0 fully saturated rings. The molecule has 0 radical (unpaired) electrons. The lowest BCUT2D eigenvalue weighted by atomic mass is 10.1. The number of anilines is 1. The van der Waals surface area contributed by atoms with Crippen LogP contribution >= 0.6 is 0 Å². The van der Waals surface area contributed by atoms with Gasteiger partial charge < -0.3 is 10.4 Å². The lowest BCUT2D eigenvalue weighted by Gasteiger charge is -2.07. The number of carboxylic acids is 1. The summed E-state index contributed by atoms with van der Waals surface area (Å²) in [6, 6.07) is 1.69. The van der Waals surface area contributed by atoms with Gasteiger partial charge in [0.2, 0.25) is 5.95 Å². The molecule has 0 saturated heterocycles. The molecule has 102 valence electrons. The van der Waals surface area contributed by atoms with Crippen molar-refractivity contribution in [2.24, 2.45) is 0 Å². The summed E-state index contributed by atoms with van der Waals surface area (Å²) >= 11 is 0. The van der Waals surface area contributed by atoms with Crippen molar-refractivity contribution in [2.45, 2.75) is 26.3 Å². The van der Waals surface area contributed by atoms with Crippen LogP contribution in [0.3, 0.4) is 0 Å². The normalized spacial score (nSPS) is 11.2. The average molecular weight is 265 g/mol. The van der Waals surface area contributed by atoms with Crippen molar-refractivity contribution in [1.82, 2.24) is 19.2 Å². The molecule has 0 aliphatic carbocycles. The molecule has 0 aliphatic rings. The molecule has 2 rings (SSSR count). The van der Waals surface area contributed by atoms with Crippen LogP contribution in [0.25, 0.3) is 5.65 Å². The molecule has 2 aromatic rings. The van der Waals surface area contributed by atoms with Gasteiger partial charge in [0.15, 0.2) is 5.65 Å². The van der Waals surface area contributed by atoms with E-state index in [0.717, 1.165) is 10.4 Å². The quantitative estimate of drug-likeness (QED) is 0.815. The summed E-state index contributed by atoms with van der Waals surface area (Å²) in [5, 5.41) is 15.6. The summed E-state index contributed by atoms with van der Waals surface area (Å²) in [5.74, 6) is -0.590. The lowest BCUT2D eigenvalue weighted by molar-refractivity contribution is -0.137. The van der Waals surface area contributed by atoms with Gasteiger partial charge in [-0.05, 0) is 5.92 Å². The first-order valence-corrected chi connectivity index (χ1v) is 5.84. The van der Waals surface area contributed by atoms with Gasteiger partial charge in [-0.2, -0.15) is 0 Å². The predicted octanol–water partition coefficient (Wildman–Crippen LogP) is 0.141. The third-order valence-corrected chi connectivity index (χ3v) is 2.69. The second-order valence-electron chi connectivity index (χ2n) is 4.44. The monoisotopic (exact) mass is 265 g/mol. The Morgan fingerprint density at radius 2 is 2.21 bits per heavy atom. The fourth-order valence-corrected chi connectivity index (χ4v) is 1.75. The van der Waals surface area contributed by atoms with Crippen LogP contribution in [0.2, 0.25) is 0 Å². The Morgan fingerprint density at radius 3 is 2.74 bits per heavy atom. The highest BCUT2D eigenvalue weighted by molar-refractivity contribution is 5.66. The summed E-state index contributed by atoms with van der Waals surface area (Å²) in [5.41, 5.74) is 0.642. The summed E-state index contributed by atoms with van der Waals surface area (Å²) in [6.07, 6.45) is 0. The van der Waals surface area contributed by atoms with Crippen molar-refractivity contribution in [2.75, 3.05) is 12.4 Å². The second-order valence-corrected chi connectivity index (χ2v) is 4.44. The van der Waals surface area contributed by atoms with Gasteiger partial charge in [-0.1, -0.05) is 13.8 Å². The average Bonchev–Trinajstić information content (AvgIpc) is 2.64. The van der Waals surface area contributed by atoms with Crippen molar-refractivity contribution >= 4 is 17.6 Å². The van der Waals surface area contributed by atoms with Gasteiger partial charge in [-0.15, -0.1) is 5.10 Å². The maximum absolute atomic E-state index is 12.0. The van der Waals surface area contributed by atoms with Gasteiger partial charge in [0.05, 0.1) is 5.69 Å². The van der Waals surface area contributed by atoms with Crippen LogP contribution in [-0.4, -0.2) is 37.3 Å². The van der Waals surface area contributed by atoms with E-state index < -0.39 is 18.2 Å². The number of hydrogen-bond acceptors (Lipinski definition) is 5. The van der Waals surface area contributed by atoms with Crippen molar-refractivity contribution < 1.29 is 9.90 Å². The van der Waals surface area contributed by atoms with E-state index in [1.807, 2.05) is 13.8 Å². The Kier molecular flexibility index (Phi) is 3.24. The Labute approximate surface area is 108 Å². The first-order chi connectivity index (χ1) is 8.93. The number of fused-ring (bicyclic) bond motifs is 1. The van der Waals surface area contributed by atoms with Crippen LogP contribution < -0.4 is 11.0 Å². The molecule has 2 aromatic heterocycles. The Hall–Kier alpha value is -2.38. The van der Waals surface area contributed by atoms with Crippen LogP contribution in [-0.2, 0) is 11.3 Å². The number of carboxylic acid groups (broad SMARTS) is 1. The van der Waals surface area contributed by atoms with Crippen LogP contribution in [0.5, 0.6) is 0 Å². The van der Waals surface area contributed by atoms with Gasteiger partial charge in [0, 0.05) is 13.1 Å². The summed E-state index contributed by atoms with van der Waals surface area (Å²) < 4.78 is 2.17. The molecule has 0 aliphatic heterocycles. The first-order valence-electron chi connectivity index (χ1n) is 5.84. The molecule has 0 aromatic carbocycles. The fourth-order valence-electron chi connectivity index (χ4n) is 1.75. The highest BCUT2D eigenvalue weighted by atomic mass is 16.4. The molecule has 0 bridgehead atoms. The van der Waals surface area contributed by atoms with Gasteiger partial charge in [0.25, 0.3) is 0 Å². The Balaban J connectivity index is 2.71. The molecule has 0 saturated carbocycles. The topological polar surface area (TPSA) is 102 Å². The van der Waals surface area contributed by atoms with Gasteiger partial charge >= 0.3 is 11.7 Å². The fraction of sp³-hybridized carbons (Fsp3) is 0.455. The molecule has 0 atom stereocenters. The standard InChI is InChI=1S/C11H15N5O3/c1-6(2)7-4-8-14-15(5-9(17)18)11(19)16(8)10(12-3)13-7/h4,6H,5H2,1-3H3,(H,12,13)(H,17,18). The van der Waals surface area contributed by atoms with Crippen LogP contribution in [0.15, 0.2) is 10.9 Å². The summed E-state index contributed by atoms with van der Waals surface area (Å²) in [6.45, 7) is 3.48. The van der Waals surface area contributed by atoms with Gasteiger partial charge in [-0.3, -0.25) is 4.79 Å². The largest absolute Gasteiger partial charge is 0.480 e. The SMILES string of the molecule is CNc1nc(C(C)C)cc2nn(CC(=O)O)c(=O)n12. The molecule has 2 heterocycles. The minimum atomic E-state index is -1.12. The zero-order valence-electron chi connectivity index (χ0n) is 10.9. The molecule has 0 unspecified atom stereocenters. The van der Waals surface area contributed by atoms with Crippen molar-refractivity contribution in [1.29, 1.82) is 0 Å². The molecular formula is C11H15N5O3. The summed E-state index contributed by atoms with van der Waals surface area (Å²) in [4.78, 5) is 27.1. The zero-order chi connectivity index (χ0) is 14.2. The van der Waals surface area contributed by atoms with Crippen molar-refractivity contribution in [3.8, 4) is 0 Å². The highest BCUT2D eigenvalue weighted by Crippen LogP contribution is 2.15. The predicted molar refractivity (Wildman–Crippen MR) is 68.5 cm³/mol. The van der Waals surface area contributed by atoms with E-state index in [1.165, 1.54) is 4.40 Å². The van der Waals surface area contributed by atoms with E-state index in [9.17, 15) is 9.59 Å². The van der Waals surface area contributed by atoms with Gasteiger partial charge in [-0.25, -0.2) is 18.9 Å². The van der Waals surface area contributed by atoms with E-state index in [2.05, 4.69) is 15.4 Å². The van der Waals surface area contributed by atoms with Crippen LogP contribution in [0, 0.1) is 0 Å². The van der Waals surface area contributed by atoms with E-state index in [1.54, 1.807) is 13.1 Å². The first kappa shape index (κ1) is 13.1. The maximum Gasteiger partial charge on any atom is 0.353 e. The number of carbonyl (C=O) groups is 1. The molecule has 0 amide bonds. The van der Waals surface area contributed by atoms with E-state index in [4.69, 9.17) is 5.11 Å². The number of nitrogens with zero attached hydrogens (tertiary/aromatic N) is 4. The maximum atomic E-state index is 12.0. The number of aliphatic carboxylic acids is 1. The molecular weight excluding hydrogens is 250 g/mol. The summed E-state index contributed by atoms with van der Waals surface area (Å²) in [7, 11) is 1.65. The highest BCUT2D eigenvalue weighted by Gasteiger charge is 2.15.